The Labute approximate surface area is 189 Å². The average Bonchev–Trinajstić information content (AvgIpc) is 2.73. The lowest BCUT2D eigenvalue weighted by atomic mass is 10.0. The molecule has 0 saturated carbocycles. The largest absolute Gasteiger partial charge is 0.394 e. The van der Waals surface area contributed by atoms with E-state index in [0.29, 0.717) is 3.57 Å². The number of amides is 1. The van der Waals surface area contributed by atoms with Crippen LogP contribution in [0.4, 0.5) is 24.5 Å². The van der Waals surface area contributed by atoms with Crippen LogP contribution in [0.1, 0.15) is 22.8 Å². The zero-order valence-corrected chi connectivity index (χ0v) is 18.4. The first kappa shape index (κ1) is 24.8. The molecule has 31 heavy (non-hydrogen) atoms. The topological polar surface area (TPSA) is 112 Å². The Balaban J connectivity index is 2.54. The van der Waals surface area contributed by atoms with Gasteiger partial charge >= 0.3 is 0 Å². The predicted molar refractivity (Wildman–Crippen MR) is 115 cm³/mol. The fraction of sp³-hybridized carbons (Fsp3) is 0.263. The normalized spacial score (nSPS) is 11.4. The molecule has 8 nitrogen and oxygen atoms in total. The van der Waals surface area contributed by atoms with Crippen LogP contribution in [0.3, 0.4) is 0 Å². The second kappa shape index (κ2) is 11.8. The smallest absolute Gasteiger partial charge is 0.277 e. The summed E-state index contributed by atoms with van der Waals surface area (Å²) < 4.78 is 44.5. The Morgan fingerprint density at radius 1 is 1.10 bits per heavy atom. The highest BCUT2D eigenvalue weighted by Gasteiger charge is 2.25. The monoisotopic (exact) mass is 553 g/mol. The molecule has 0 aliphatic carbocycles. The van der Waals surface area contributed by atoms with Gasteiger partial charge in [-0.15, -0.1) is 0 Å². The van der Waals surface area contributed by atoms with Crippen molar-refractivity contribution in [3.8, 4) is 0 Å². The highest BCUT2D eigenvalue weighted by molar-refractivity contribution is 14.1. The van der Waals surface area contributed by atoms with E-state index in [9.17, 15) is 18.0 Å². The van der Waals surface area contributed by atoms with Gasteiger partial charge in [-0.25, -0.2) is 18.7 Å². The SMILES string of the molecule is C/C(=N\OCCO)c1cc(C(=O)NOCCO)c(Nc2ccc(I)cc2F)c(F)c1F. The van der Waals surface area contributed by atoms with Crippen LogP contribution in [0.25, 0.3) is 0 Å². The van der Waals surface area contributed by atoms with Crippen molar-refractivity contribution in [2.75, 3.05) is 31.7 Å². The lowest BCUT2D eigenvalue weighted by molar-refractivity contribution is 0.0168. The minimum absolute atomic E-state index is 0.109. The zero-order valence-electron chi connectivity index (χ0n) is 16.2. The molecule has 0 aliphatic rings. The molecule has 0 unspecified atom stereocenters. The first-order valence-electron chi connectivity index (χ1n) is 8.85. The lowest BCUT2D eigenvalue weighted by Gasteiger charge is -2.16. The highest BCUT2D eigenvalue weighted by atomic mass is 127. The molecule has 2 aromatic carbocycles. The fourth-order valence-corrected chi connectivity index (χ4v) is 2.82. The number of carbonyl (C=O) groups is 1. The first-order valence-corrected chi connectivity index (χ1v) is 9.92. The van der Waals surface area contributed by atoms with Crippen molar-refractivity contribution >= 4 is 45.6 Å². The number of oxime groups is 1. The number of nitrogens with one attached hydrogen (secondary N) is 2. The van der Waals surface area contributed by atoms with Crippen LogP contribution < -0.4 is 10.8 Å². The van der Waals surface area contributed by atoms with Crippen LogP contribution in [0.5, 0.6) is 0 Å². The summed E-state index contributed by atoms with van der Waals surface area (Å²) in [7, 11) is 0. The molecular weight excluding hydrogens is 534 g/mol. The molecule has 0 fully saturated rings. The number of nitrogens with zero attached hydrogens (tertiary/aromatic N) is 1. The lowest BCUT2D eigenvalue weighted by Crippen LogP contribution is -2.27. The van der Waals surface area contributed by atoms with Crippen molar-refractivity contribution in [3.63, 3.8) is 0 Å². The fourth-order valence-electron chi connectivity index (χ4n) is 2.37. The van der Waals surface area contributed by atoms with Gasteiger partial charge in [-0.05, 0) is 53.8 Å². The maximum atomic E-state index is 15.0. The van der Waals surface area contributed by atoms with Gasteiger partial charge in [0.25, 0.3) is 5.91 Å². The van der Waals surface area contributed by atoms with Gasteiger partial charge in [0.15, 0.2) is 11.6 Å². The van der Waals surface area contributed by atoms with Gasteiger partial charge in [-0.3, -0.25) is 9.63 Å². The molecule has 168 valence electrons. The van der Waals surface area contributed by atoms with Gasteiger partial charge in [-0.1, -0.05) is 5.16 Å². The molecule has 0 spiro atoms. The van der Waals surface area contributed by atoms with Crippen molar-refractivity contribution in [3.05, 3.63) is 56.4 Å². The summed E-state index contributed by atoms with van der Waals surface area (Å²) in [5.74, 6) is -4.53. The standard InChI is InChI=1S/C19H19F3IN3O5/c1-10(25-30-6-4-27)12-9-13(19(29)26-31-7-5-28)18(17(22)16(12)21)24-15-3-2-11(23)8-14(15)20/h2-3,8-9,24,27-28H,4-7H2,1H3,(H,26,29)/b25-10+. The Bertz CT molecular complexity index is 975. The van der Waals surface area contributed by atoms with E-state index in [1.807, 2.05) is 28.1 Å². The molecule has 0 radical (unpaired) electrons. The van der Waals surface area contributed by atoms with E-state index < -0.39 is 46.8 Å². The Hall–Kier alpha value is -2.42. The molecule has 2 aromatic rings. The van der Waals surface area contributed by atoms with E-state index in [-0.39, 0.29) is 31.2 Å². The number of anilines is 2. The van der Waals surface area contributed by atoms with Gasteiger partial charge < -0.3 is 20.4 Å². The highest BCUT2D eigenvalue weighted by Crippen LogP contribution is 2.31. The predicted octanol–water partition coefficient (Wildman–Crippen LogP) is 2.84. The third kappa shape index (κ3) is 6.53. The second-order valence-electron chi connectivity index (χ2n) is 5.96. The van der Waals surface area contributed by atoms with Crippen molar-refractivity contribution < 1.29 is 37.9 Å². The summed E-state index contributed by atoms with van der Waals surface area (Å²) >= 11 is 1.88. The third-order valence-electron chi connectivity index (χ3n) is 3.77. The number of benzene rings is 2. The van der Waals surface area contributed by atoms with Crippen molar-refractivity contribution in [1.29, 1.82) is 0 Å². The Kier molecular flexibility index (Phi) is 9.48. The second-order valence-corrected chi connectivity index (χ2v) is 7.21. The zero-order chi connectivity index (χ0) is 23.0. The number of aliphatic hydroxyl groups is 2. The maximum absolute atomic E-state index is 15.0. The summed E-state index contributed by atoms with van der Waals surface area (Å²) in [6.45, 7) is 0.164. The number of hydrogen-bond acceptors (Lipinski definition) is 7. The van der Waals surface area contributed by atoms with Crippen molar-refractivity contribution in [1.82, 2.24) is 5.48 Å². The van der Waals surface area contributed by atoms with Gasteiger partial charge in [0.1, 0.15) is 12.4 Å². The van der Waals surface area contributed by atoms with Gasteiger partial charge in [0, 0.05) is 9.13 Å². The molecule has 4 N–H and O–H groups in total. The third-order valence-corrected chi connectivity index (χ3v) is 4.45. The maximum Gasteiger partial charge on any atom is 0.277 e. The van der Waals surface area contributed by atoms with Crippen LogP contribution >= 0.6 is 22.6 Å². The summed E-state index contributed by atoms with van der Waals surface area (Å²) in [6, 6.07) is 5.00. The van der Waals surface area contributed by atoms with E-state index >= 15 is 0 Å². The molecule has 0 aromatic heterocycles. The molecule has 0 heterocycles. The summed E-state index contributed by atoms with van der Waals surface area (Å²) in [6.07, 6.45) is 0. The minimum atomic E-state index is -1.46. The van der Waals surface area contributed by atoms with E-state index in [2.05, 4.69) is 10.5 Å². The van der Waals surface area contributed by atoms with Crippen LogP contribution in [-0.4, -0.2) is 48.3 Å². The van der Waals surface area contributed by atoms with Crippen LogP contribution in [0, 0.1) is 21.0 Å². The number of aliphatic hydroxyl groups excluding tert-OH is 2. The molecule has 12 heteroatoms. The van der Waals surface area contributed by atoms with E-state index in [1.54, 1.807) is 0 Å². The molecule has 0 saturated heterocycles. The number of halogens is 4. The Morgan fingerprint density at radius 2 is 1.81 bits per heavy atom. The van der Waals surface area contributed by atoms with E-state index in [0.717, 1.165) is 6.07 Å². The quantitative estimate of drug-likeness (QED) is 0.156. The first-order chi connectivity index (χ1) is 14.8. The van der Waals surface area contributed by atoms with Gasteiger partial charge in [0.05, 0.1) is 42.5 Å². The number of carbonyl (C=O) groups excluding carboxylic acids is 1. The minimum Gasteiger partial charge on any atom is -0.394 e. The van der Waals surface area contributed by atoms with Gasteiger partial charge in [0.2, 0.25) is 0 Å². The Morgan fingerprint density at radius 3 is 2.45 bits per heavy atom. The van der Waals surface area contributed by atoms with Crippen LogP contribution in [0.2, 0.25) is 0 Å². The van der Waals surface area contributed by atoms with Crippen molar-refractivity contribution in [2.24, 2.45) is 5.16 Å². The number of hydrogen-bond donors (Lipinski definition) is 4. The molecule has 0 atom stereocenters. The van der Waals surface area contributed by atoms with Crippen LogP contribution in [-0.2, 0) is 9.68 Å². The molecule has 2 rings (SSSR count). The van der Waals surface area contributed by atoms with E-state index in [1.165, 1.54) is 25.1 Å². The summed E-state index contributed by atoms with van der Waals surface area (Å²) in [5.41, 5.74) is 0.255. The summed E-state index contributed by atoms with van der Waals surface area (Å²) in [4.78, 5) is 22.0. The molecule has 1 amide bonds. The molecule has 0 bridgehead atoms. The van der Waals surface area contributed by atoms with E-state index in [4.69, 9.17) is 19.9 Å². The number of hydroxylamine groups is 1. The summed E-state index contributed by atoms with van der Waals surface area (Å²) in [5, 5.41) is 23.5. The van der Waals surface area contributed by atoms with Gasteiger partial charge in [-0.2, -0.15) is 0 Å². The number of rotatable bonds is 10. The van der Waals surface area contributed by atoms with Crippen molar-refractivity contribution in [2.45, 2.75) is 6.92 Å². The van der Waals surface area contributed by atoms with Crippen LogP contribution in [0.15, 0.2) is 29.4 Å². The molecular formula is C19H19F3IN3O5. The molecule has 0 aliphatic heterocycles. The average molecular weight is 553 g/mol.